The van der Waals surface area contributed by atoms with Crippen molar-refractivity contribution in [2.45, 2.75) is 6.54 Å². The molecule has 0 bridgehead atoms. The molecule has 3 heterocycles. The predicted molar refractivity (Wildman–Crippen MR) is 98.0 cm³/mol. The smallest absolute Gasteiger partial charge is 0.345 e. The van der Waals surface area contributed by atoms with Crippen LogP contribution in [0.15, 0.2) is 51.3 Å². The molecule has 0 fully saturated rings. The molecule has 0 saturated heterocycles. The molecule has 4 aromatic rings. The molecule has 0 unspecified atom stereocenters. The number of aliphatic hydroxyl groups is 1. The lowest BCUT2D eigenvalue weighted by Gasteiger charge is -2.15. The fourth-order valence-electron chi connectivity index (χ4n) is 2.85. The minimum atomic E-state index is -0.390. The highest BCUT2D eigenvalue weighted by Gasteiger charge is 2.12. The summed E-state index contributed by atoms with van der Waals surface area (Å²) >= 11 is 1.52. The molecule has 4 rings (SSSR count). The fourth-order valence-corrected chi connectivity index (χ4v) is 3.55. The Balaban J connectivity index is 1.72. The van der Waals surface area contributed by atoms with Crippen LogP contribution in [-0.4, -0.2) is 39.6 Å². The number of nitrogens with zero attached hydrogens (tertiary/aromatic N) is 3. The Morgan fingerprint density at radius 3 is 3.04 bits per heavy atom. The molecule has 0 aliphatic rings. The minimum absolute atomic E-state index is 0.116. The Morgan fingerprint density at radius 1 is 1.36 bits per heavy atom. The molecule has 6 nitrogen and oxygen atoms in total. The van der Waals surface area contributed by atoms with E-state index in [0.717, 1.165) is 15.9 Å². The molecular weight excluding hydrogens is 338 g/mol. The van der Waals surface area contributed by atoms with E-state index in [0.29, 0.717) is 29.9 Å². The van der Waals surface area contributed by atoms with Crippen molar-refractivity contribution >= 4 is 27.3 Å². The Labute approximate surface area is 147 Å². The van der Waals surface area contributed by atoms with Gasteiger partial charge in [-0.1, -0.05) is 12.1 Å². The summed E-state index contributed by atoms with van der Waals surface area (Å²) < 4.78 is 7.43. The molecule has 0 spiro atoms. The van der Waals surface area contributed by atoms with Crippen molar-refractivity contribution in [3.63, 3.8) is 0 Å². The van der Waals surface area contributed by atoms with Crippen LogP contribution in [0.1, 0.15) is 5.56 Å². The third-order valence-electron chi connectivity index (χ3n) is 4.10. The first-order valence-electron chi connectivity index (χ1n) is 7.93. The van der Waals surface area contributed by atoms with Crippen LogP contribution >= 0.6 is 11.3 Å². The van der Waals surface area contributed by atoms with Crippen LogP contribution < -0.4 is 5.63 Å². The zero-order valence-electron chi connectivity index (χ0n) is 13.7. The molecule has 0 saturated carbocycles. The van der Waals surface area contributed by atoms with Crippen LogP contribution in [0.3, 0.4) is 0 Å². The Kier molecular flexibility index (Phi) is 4.12. The Morgan fingerprint density at radius 2 is 2.24 bits per heavy atom. The third kappa shape index (κ3) is 3.09. The van der Waals surface area contributed by atoms with E-state index in [1.165, 1.54) is 11.3 Å². The van der Waals surface area contributed by atoms with E-state index in [1.54, 1.807) is 0 Å². The summed E-state index contributed by atoms with van der Waals surface area (Å²) in [7, 11) is 1.93. The number of hydrogen-bond donors (Lipinski definition) is 1. The first-order chi connectivity index (χ1) is 12.1. The number of likely N-dealkylation sites (N-methyl/N-ethyl adjacent to an activating group) is 1. The number of aliphatic hydroxyl groups excluding tert-OH is 1. The van der Waals surface area contributed by atoms with Crippen molar-refractivity contribution in [3.05, 3.63) is 58.0 Å². The van der Waals surface area contributed by atoms with Crippen molar-refractivity contribution in [1.82, 2.24) is 14.3 Å². The van der Waals surface area contributed by atoms with E-state index >= 15 is 0 Å². The molecule has 3 aromatic heterocycles. The average molecular weight is 355 g/mol. The lowest BCUT2D eigenvalue weighted by atomic mass is 10.1. The number of fused-ring (bicyclic) bond motifs is 2. The molecule has 0 aliphatic heterocycles. The third-order valence-corrected chi connectivity index (χ3v) is 4.87. The van der Waals surface area contributed by atoms with Crippen LogP contribution in [0.4, 0.5) is 0 Å². The number of imidazole rings is 1. The quantitative estimate of drug-likeness (QED) is 0.557. The molecule has 128 valence electrons. The van der Waals surface area contributed by atoms with Gasteiger partial charge in [0.15, 0.2) is 4.96 Å². The lowest BCUT2D eigenvalue weighted by Crippen LogP contribution is -2.21. The number of benzene rings is 1. The van der Waals surface area contributed by atoms with Gasteiger partial charge >= 0.3 is 5.63 Å². The van der Waals surface area contributed by atoms with Gasteiger partial charge in [0, 0.05) is 36.2 Å². The summed E-state index contributed by atoms with van der Waals surface area (Å²) in [4.78, 5) is 19.7. The van der Waals surface area contributed by atoms with Gasteiger partial charge < -0.3 is 9.52 Å². The molecular formula is C18H17N3O3S. The summed E-state index contributed by atoms with van der Waals surface area (Å²) in [6, 6.07) is 7.66. The summed E-state index contributed by atoms with van der Waals surface area (Å²) in [5.74, 6) is 0. The van der Waals surface area contributed by atoms with Gasteiger partial charge in [0.25, 0.3) is 0 Å². The van der Waals surface area contributed by atoms with Crippen molar-refractivity contribution in [1.29, 1.82) is 0 Å². The summed E-state index contributed by atoms with van der Waals surface area (Å²) in [6.07, 6.45) is 3.75. The number of aromatic nitrogens is 2. The largest absolute Gasteiger partial charge is 0.422 e. The van der Waals surface area contributed by atoms with Crippen LogP contribution in [0.5, 0.6) is 0 Å². The topological polar surface area (TPSA) is 71.0 Å². The number of rotatable bonds is 5. The molecule has 25 heavy (non-hydrogen) atoms. The van der Waals surface area contributed by atoms with E-state index in [2.05, 4.69) is 4.98 Å². The van der Waals surface area contributed by atoms with E-state index in [9.17, 15) is 4.79 Å². The zero-order chi connectivity index (χ0) is 17.4. The zero-order valence-corrected chi connectivity index (χ0v) is 14.5. The molecule has 7 heteroatoms. The Hall–Kier alpha value is -2.48. The predicted octanol–water partition coefficient (Wildman–Crippen LogP) is 2.59. The van der Waals surface area contributed by atoms with Gasteiger partial charge in [-0.05, 0) is 24.7 Å². The molecule has 0 amide bonds. The second-order valence-electron chi connectivity index (χ2n) is 6.00. The molecule has 0 radical (unpaired) electrons. The highest BCUT2D eigenvalue weighted by atomic mass is 32.1. The summed E-state index contributed by atoms with van der Waals surface area (Å²) in [5, 5.41) is 11.8. The molecule has 0 aliphatic carbocycles. The van der Waals surface area contributed by atoms with Gasteiger partial charge in [0.1, 0.15) is 5.58 Å². The first-order valence-corrected chi connectivity index (χ1v) is 8.81. The van der Waals surface area contributed by atoms with E-state index in [1.807, 2.05) is 58.4 Å². The SMILES string of the molecule is CN(CCO)Cc1ccc2cc(-c3cn4ccsc4n3)c(=O)oc2c1. The maximum absolute atomic E-state index is 12.4. The van der Waals surface area contributed by atoms with Gasteiger partial charge in [-0.15, -0.1) is 11.3 Å². The van der Waals surface area contributed by atoms with Crippen molar-refractivity contribution in [2.75, 3.05) is 20.2 Å². The standard InChI is InChI=1S/C18H17N3O3S/c1-20(4-6-22)10-12-2-3-13-9-14(17(23)24-16(13)8-12)15-11-21-5-7-25-18(21)19-15/h2-3,5,7-9,11,22H,4,6,10H2,1H3. The maximum atomic E-state index is 12.4. The molecule has 0 atom stereocenters. The number of hydrogen-bond acceptors (Lipinski definition) is 6. The van der Waals surface area contributed by atoms with Crippen LogP contribution in [0.25, 0.3) is 27.2 Å². The van der Waals surface area contributed by atoms with Crippen molar-refractivity contribution in [3.8, 4) is 11.3 Å². The molecule has 1 N–H and O–H groups in total. The van der Waals surface area contributed by atoms with Gasteiger partial charge in [-0.25, -0.2) is 9.78 Å². The Bertz CT molecular complexity index is 1070. The summed E-state index contributed by atoms with van der Waals surface area (Å²) in [5.41, 5.74) is 2.29. The monoisotopic (exact) mass is 355 g/mol. The summed E-state index contributed by atoms with van der Waals surface area (Å²) in [6.45, 7) is 1.39. The fraction of sp³-hybridized carbons (Fsp3) is 0.222. The van der Waals surface area contributed by atoms with Crippen LogP contribution in [-0.2, 0) is 6.54 Å². The highest BCUT2D eigenvalue weighted by Crippen LogP contribution is 2.23. The van der Waals surface area contributed by atoms with Gasteiger partial charge in [-0.2, -0.15) is 0 Å². The second-order valence-corrected chi connectivity index (χ2v) is 6.87. The van der Waals surface area contributed by atoms with E-state index in [-0.39, 0.29) is 12.2 Å². The highest BCUT2D eigenvalue weighted by molar-refractivity contribution is 7.15. The minimum Gasteiger partial charge on any atom is -0.422 e. The molecule has 1 aromatic carbocycles. The maximum Gasteiger partial charge on any atom is 0.345 e. The first kappa shape index (κ1) is 16.0. The van der Waals surface area contributed by atoms with E-state index < -0.39 is 0 Å². The second kappa shape index (κ2) is 6.44. The van der Waals surface area contributed by atoms with Gasteiger partial charge in [-0.3, -0.25) is 9.30 Å². The van der Waals surface area contributed by atoms with Crippen LogP contribution in [0, 0.1) is 0 Å². The van der Waals surface area contributed by atoms with Gasteiger partial charge in [0.05, 0.1) is 17.9 Å². The number of thiazole rings is 1. The van der Waals surface area contributed by atoms with Crippen molar-refractivity contribution in [2.24, 2.45) is 0 Å². The van der Waals surface area contributed by atoms with E-state index in [4.69, 9.17) is 9.52 Å². The lowest BCUT2D eigenvalue weighted by molar-refractivity contribution is 0.217. The average Bonchev–Trinajstić information content (AvgIpc) is 3.16. The van der Waals surface area contributed by atoms with Gasteiger partial charge in [0.2, 0.25) is 0 Å². The normalized spacial score (nSPS) is 11.8. The van der Waals surface area contributed by atoms with Crippen molar-refractivity contribution < 1.29 is 9.52 Å². The van der Waals surface area contributed by atoms with Crippen LogP contribution in [0.2, 0.25) is 0 Å².